The molecule has 0 unspecified atom stereocenters. The molecule has 0 fully saturated rings. The third kappa shape index (κ3) is 2.16. The normalized spacial score (nSPS) is 8.00. The summed E-state index contributed by atoms with van der Waals surface area (Å²) in [7, 11) is 0. The molecule has 1 aromatic rings. The van der Waals surface area contributed by atoms with Crippen LogP contribution in [0.4, 0.5) is 0 Å². The Balaban J connectivity index is 2.87. The summed E-state index contributed by atoms with van der Waals surface area (Å²) in [5.74, 6) is 7.85. The van der Waals surface area contributed by atoms with Gasteiger partial charge < -0.3 is 5.11 Å². The Labute approximate surface area is 72.0 Å². The minimum atomic E-state index is -0.114. The van der Waals surface area contributed by atoms with E-state index in [9.17, 15) is 0 Å². The Kier molecular flexibility index (Phi) is 2.96. The average molecular weight is 156 g/mol. The first kappa shape index (κ1) is 8.40. The van der Waals surface area contributed by atoms with Gasteiger partial charge in [-0.3, -0.25) is 0 Å². The van der Waals surface area contributed by atoms with Crippen LogP contribution in [0.15, 0.2) is 24.3 Å². The summed E-state index contributed by atoms with van der Waals surface area (Å²) < 4.78 is 0. The maximum atomic E-state index is 8.42. The van der Waals surface area contributed by atoms with Crippen molar-refractivity contribution in [2.45, 2.75) is 0 Å². The second-order valence-corrected chi connectivity index (χ2v) is 2.18. The van der Waals surface area contributed by atoms with Crippen molar-refractivity contribution < 1.29 is 5.11 Å². The van der Waals surface area contributed by atoms with Gasteiger partial charge in [0.05, 0.1) is 0 Å². The first-order valence-electron chi connectivity index (χ1n) is 3.53. The van der Waals surface area contributed by atoms with Crippen LogP contribution in [0.2, 0.25) is 0 Å². The summed E-state index contributed by atoms with van der Waals surface area (Å²) in [6, 6.07) is 7.30. The van der Waals surface area contributed by atoms with Crippen molar-refractivity contribution >= 4 is 0 Å². The number of benzene rings is 1. The van der Waals surface area contributed by atoms with Crippen molar-refractivity contribution in [3.8, 4) is 24.2 Å². The Bertz CT molecular complexity index is 343. The Hall–Kier alpha value is -1.70. The number of hydrogen-bond acceptors (Lipinski definition) is 1. The number of aliphatic hydroxyl groups excluding tert-OH is 1. The third-order valence-electron chi connectivity index (χ3n) is 1.36. The van der Waals surface area contributed by atoms with Gasteiger partial charge in [-0.2, -0.15) is 0 Å². The first-order chi connectivity index (χ1) is 5.86. The van der Waals surface area contributed by atoms with Crippen molar-refractivity contribution in [2.75, 3.05) is 6.61 Å². The minimum Gasteiger partial charge on any atom is -0.384 e. The molecule has 0 aliphatic carbocycles. The second-order valence-electron chi connectivity index (χ2n) is 2.18. The van der Waals surface area contributed by atoms with E-state index in [1.165, 1.54) is 0 Å². The largest absolute Gasteiger partial charge is 0.384 e. The molecule has 1 nitrogen and oxygen atoms in total. The summed E-state index contributed by atoms with van der Waals surface area (Å²) >= 11 is 0. The van der Waals surface area contributed by atoms with Crippen LogP contribution in [-0.4, -0.2) is 11.7 Å². The fraction of sp³-hybridized carbons (Fsp3) is 0.0909. The molecule has 58 valence electrons. The molecule has 1 aromatic carbocycles. The van der Waals surface area contributed by atoms with Gasteiger partial charge in [0.15, 0.2) is 0 Å². The summed E-state index contributed by atoms with van der Waals surface area (Å²) in [5.41, 5.74) is 1.70. The van der Waals surface area contributed by atoms with Gasteiger partial charge in [-0.05, 0) is 24.3 Å². The zero-order valence-electron chi connectivity index (χ0n) is 6.54. The standard InChI is InChI=1S/C11H8O/c1-2-10-5-7-11(8-6-10)4-3-9-12/h1,5-8,12H,9H2. The molecule has 0 radical (unpaired) electrons. The topological polar surface area (TPSA) is 20.2 Å². The van der Waals surface area contributed by atoms with E-state index in [-0.39, 0.29) is 6.61 Å². The lowest BCUT2D eigenvalue weighted by Gasteiger charge is -1.90. The van der Waals surface area contributed by atoms with Crippen LogP contribution in [-0.2, 0) is 0 Å². The van der Waals surface area contributed by atoms with Crippen LogP contribution >= 0.6 is 0 Å². The van der Waals surface area contributed by atoms with E-state index in [0.29, 0.717) is 0 Å². The molecule has 1 N–H and O–H groups in total. The van der Waals surface area contributed by atoms with Gasteiger partial charge >= 0.3 is 0 Å². The molecule has 1 heteroatoms. The van der Waals surface area contributed by atoms with Crippen LogP contribution in [0.1, 0.15) is 11.1 Å². The summed E-state index contributed by atoms with van der Waals surface area (Å²) in [4.78, 5) is 0. The van der Waals surface area contributed by atoms with E-state index in [0.717, 1.165) is 11.1 Å². The highest BCUT2D eigenvalue weighted by Crippen LogP contribution is 2.00. The van der Waals surface area contributed by atoms with E-state index in [1.807, 2.05) is 24.3 Å². The molecule has 0 bridgehead atoms. The van der Waals surface area contributed by atoms with Crippen LogP contribution in [0, 0.1) is 24.2 Å². The molecule has 0 heterocycles. The van der Waals surface area contributed by atoms with E-state index < -0.39 is 0 Å². The highest BCUT2D eigenvalue weighted by molar-refractivity contribution is 5.40. The predicted molar refractivity (Wildman–Crippen MR) is 48.3 cm³/mol. The molecule has 0 atom stereocenters. The van der Waals surface area contributed by atoms with Crippen LogP contribution in [0.3, 0.4) is 0 Å². The lowest BCUT2D eigenvalue weighted by Crippen LogP contribution is -1.77. The van der Waals surface area contributed by atoms with Crippen molar-refractivity contribution in [1.29, 1.82) is 0 Å². The fourth-order valence-electron chi connectivity index (χ4n) is 0.791. The number of aliphatic hydroxyl groups is 1. The van der Waals surface area contributed by atoms with Gasteiger partial charge in [-0.1, -0.05) is 17.8 Å². The second kappa shape index (κ2) is 4.23. The van der Waals surface area contributed by atoms with Gasteiger partial charge in [-0.25, -0.2) is 0 Å². The molecule has 0 amide bonds. The summed E-state index contributed by atoms with van der Waals surface area (Å²) in [5, 5.41) is 8.42. The summed E-state index contributed by atoms with van der Waals surface area (Å²) in [6.45, 7) is -0.114. The number of hydrogen-bond donors (Lipinski definition) is 1. The maximum Gasteiger partial charge on any atom is 0.104 e. The van der Waals surface area contributed by atoms with E-state index in [1.54, 1.807) is 0 Å². The Morgan fingerprint density at radius 1 is 1.17 bits per heavy atom. The highest BCUT2D eigenvalue weighted by Gasteiger charge is 1.86. The molecule has 0 spiro atoms. The van der Waals surface area contributed by atoms with E-state index in [2.05, 4.69) is 17.8 Å². The molecular weight excluding hydrogens is 148 g/mol. The maximum absolute atomic E-state index is 8.42. The minimum absolute atomic E-state index is 0.114. The smallest absolute Gasteiger partial charge is 0.104 e. The van der Waals surface area contributed by atoms with E-state index in [4.69, 9.17) is 11.5 Å². The SMILES string of the molecule is C#Cc1ccc(C#CCO)cc1. The van der Waals surface area contributed by atoms with Gasteiger partial charge in [0.1, 0.15) is 6.61 Å². The monoisotopic (exact) mass is 156 g/mol. The van der Waals surface area contributed by atoms with Gasteiger partial charge in [-0.15, -0.1) is 6.42 Å². The van der Waals surface area contributed by atoms with Gasteiger partial charge in [0, 0.05) is 11.1 Å². The zero-order chi connectivity index (χ0) is 8.81. The molecule has 0 saturated carbocycles. The van der Waals surface area contributed by atoms with Crippen molar-refractivity contribution in [1.82, 2.24) is 0 Å². The predicted octanol–water partition coefficient (Wildman–Crippen LogP) is 1.01. The number of rotatable bonds is 0. The Morgan fingerprint density at radius 2 is 1.75 bits per heavy atom. The zero-order valence-corrected chi connectivity index (χ0v) is 6.54. The molecule has 0 aromatic heterocycles. The molecule has 0 saturated heterocycles. The average Bonchev–Trinajstić information content (AvgIpc) is 2.15. The molecule has 0 aliphatic heterocycles. The first-order valence-corrected chi connectivity index (χ1v) is 3.53. The fourth-order valence-corrected chi connectivity index (χ4v) is 0.791. The van der Waals surface area contributed by atoms with Crippen LogP contribution in [0.5, 0.6) is 0 Å². The van der Waals surface area contributed by atoms with Crippen LogP contribution < -0.4 is 0 Å². The molecule has 12 heavy (non-hydrogen) atoms. The van der Waals surface area contributed by atoms with Crippen molar-refractivity contribution in [3.05, 3.63) is 35.4 Å². The quantitative estimate of drug-likeness (QED) is 0.556. The lowest BCUT2D eigenvalue weighted by atomic mass is 10.1. The Morgan fingerprint density at radius 3 is 2.25 bits per heavy atom. The van der Waals surface area contributed by atoms with E-state index >= 15 is 0 Å². The highest BCUT2D eigenvalue weighted by atomic mass is 16.2. The molecular formula is C11H8O. The lowest BCUT2D eigenvalue weighted by molar-refractivity contribution is 0.350. The van der Waals surface area contributed by atoms with Crippen molar-refractivity contribution in [3.63, 3.8) is 0 Å². The molecule has 0 aliphatic rings. The van der Waals surface area contributed by atoms with Crippen LogP contribution in [0.25, 0.3) is 0 Å². The molecule has 1 rings (SSSR count). The third-order valence-corrected chi connectivity index (χ3v) is 1.36. The van der Waals surface area contributed by atoms with Gasteiger partial charge in [0.25, 0.3) is 0 Å². The number of terminal acetylenes is 1. The van der Waals surface area contributed by atoms with Crippen molar-refractivity contribution in [2.24, 2.45) is 0 Å². The van der Waals surface area contributed by atoms with Gasteiger partial charge in [0.2, 0.25) is 0 Å². The summed E-state index contributed by atoms with van der Waals surface area (Å²) in [6.07, 6.45) is 5.17.